The fraction of sp³-hybridized carbons (Fsp3) is 0.235. The zero-order valence-corrected chi connectivity index (χ0v) is 13.4. The molecular formula is C17H18N4O3. The zero-order valence-electron chi connectivity index (χ0n) is 13.4. The van der Waals surface area contributed by atoms with Gasteiger partial charge >= 0.3 is 0 Å². The van der Waals surface area contributed by atoms with Crippen molar-refractivity contribution in [3.63, 3.8) is 0 Å². The first-order valence-electron chi connectivity index (χ1n) is 7.50. The molecular weight excluding hydrogens is 308 g/mol. The van der Waals surface area contributed by atoms with Crippen molar-refractivity contribution in [2.75, 3.05) is 6.61 Å². The van der Waals surface area contributed by atoms with Gasteiger partial charge in [-0.2, -0.15) is 0 Å². The predicted molar refractivity (Wildman–Crippen MR) is 90.6 cm³/mol. The lowest BCUT2D eigenvalue weighted by Gasteiger charge is -2.15. The third kappa shape index (κ3) is 2.59. The van der Waals surface area contributed by atoms with Crippen molar-refractivity contribution in [3.8, 4) is 11.4 Å². The van der Waals surface area contributed by atoms with Crippen LogP contribution in [0.5, 0.6) is 0 Å². The lowest BCUT2D eigenvalue weighted by Crippen LogP contribution is -2.30. The van der Waals surface area contributed by atoms with Gasteiger partial charge in [-0.1, -0.05) is 11.6 Å². The van der Waals surface area contributed by atoms with Crippen molar-refractivity contribution in [2.24, 2.45) is 5.73 Å². The maximum Gasteiger partial charge on any atom is 0.259 e. The second kappa shape index (κ2) is 5.93. The second-order valence-corrected chi connectivity index (χ2v) is 5.82. The number of primary amides is 1. The van der Waals surface area contributed by atoms with Gasteiger partial charge in [0.25, 0.3) is 5.56 Å². The topological polar surface area (TPSA) is 114 Å². The Kier molecular flexibility index (Phi) is 3.94. The summed E-state index contributed by atoms with van der Waals surface area (Å²) in [6.45, 7) is 3.44. The predicted octanol–water partition coefficient (Wildman–Crippen LogP) is 1.03. The quantitative estimate of drug-likeness (QED) is 0.664. The van der Waals surface area contributed by atoms with Gasteiger partial charge < -0.3 is 20.4 Å². The van der Waals surface area contributed by atoms with Crippen LogP contribution in [0, 0.1) is 13.8 Å². The second-order valence-electron chi connectivity index (χ2n) is 5.82. The molecule has 0 aliphatic heterocycles. The molecule has 7 heteroatoms. The average molecular weight is 326 g/mol. The number of hydrogen-bond donors (Lipinski definition) is 3. The number of imidazole rings is 1. The van der Waals surface area contributed by atoms with Crippen molar-refractivity contribution in [1.29, 1.82) is 0 Å². The number of aliphatic hydroxyl groups is 1. The van der Waals surface area contributed by atoms with Crippen LogP contribution in [-0.4, -0.2) is 32.2 Å². The first-order chi connectivity index (χ1) is 11.4. The van der Waals surface area contributed by atoms with Gasteiger partial charge in [-0.15, -0.1) is 0 Å². The molecule has 0 saturated carbocycles. The van der Waals surface area contributed by atoms with Crippen LogP contribution >= 0.6 is 0 Å². The molecule has 1 aromatic carbocycles. The van der Waals surface area contributed by atoms with E-state index in [4.69, 9.17) is 5.73 Å². The van der Waals surface area contributed by atoms with Crippen LogP contribution in [0.15, 0.2) is 35.4 Å². The summed E-state index contributed by atoms with van der Waals surface area (Å²) in [4.78, 5) is 31.1. The number of carbonyl (C=O) groups is 1. The number of fused-ring (bicyclic) bond motifs is 1. The molecule has 3 rings (SSSR count). The Morgan fingerprint density at radius 2 is 2.12 bits per heavy atom. The summed E-state index contributed by atoms with van der Waals surface area (Å²) in [7, 11) is 0. The van der Waals surface area contributed by atoms with Gasteiger partial charge in [0.15, 0.2) is 0 Å². The number of carbonyl (C=O) groups excluding carboxylic acids is 1. The fourth-order valence-electron chi connectivity index (χ4n) is 2.94. The van der Waals surface area contributed by atoms with Crippen LogP contribution in [-0.2, 0) is 4.79 Å². The highest BCUT2D eigenvalue weighted by Gasteiger charge is 2.21. The summed E-state index contributed by atoms with van der Waals surface area (Å²) in [6.07, 6.45) is 2.98. The number of aryl methyl sites for hydroxylation is 2. The molecule has 1 amide bonds. The van der Waals surface area contributed by atoms with E-state index in [-0.39, 0.29) is 11.4 Å². The van der Waals surface area contributed by atoms with E-state index < -0.39 is 18.6 Å². The van der Waals surface area contributed by atoms with E-state index in [1.165, 1.54) is 17.0 Å². The minimum atomic E-state index is -0.975. The van der Waals surface area contributed by atoms with Gasteiger partial charge in [0.1, 0.15) is 11.9 Å². The summed E-state index contributed by atoms with van der Waals surface area (Å²) in [6, 6.07) is 4.72. The van der Waals surface area contributed by atoms with E-state index >= 15 is 0 Å². The Hall–Kier alpha value is -2.93. The number of rotatable bonds is 4. The number of aromatic amines is 1. The Balaban J connectivity index is 2.25. The molecule has 2 aromatic heterocycles. The molecule has 7 nitrogen and oxygen atoms in total. The molecule has 0 saturated heterocycles. The monoisotopic (exact) mass is 326 g/mol. The van der Waals surface area contributed by atoms with Crippen LogP contribution < -0.4 is 11.3 Å². The minimum Gasteiger partial charge on any atom is -0.394 e. The van der Waals surface area contributed by atoms with Crippen LogP contribution in [0.3, 0.4) is 0 Å². The Morgan fingerprint density at radius 3 is 2.79 bits per heavy atom. The van der Waals surface area contributed by atoms with Crippen molar-refractivity contribution in [3.05, 3.63) is 52.1 Å². The van der Waals surface area contributed by atoms with Crippen molar-refractivity contribution >= 4 is 16.8 Å². The van der Waals surface area contributed by atoms with Crippen LogP contribution in [0.25, 0.3) is 22.3 Å². The third-order valence-electron chi connectivity index (χ3n) is 4.04. The normalized spacial score (nSPS) is 12.5. The van der Waals surface area contributed by atoms with E-state index in [2.05, 4.69) is 9.97 Å². The summed E-state index contributed by atoms with van der Waals surface area (Å²) >= 11 is 0. The smallest absolute Gasteiger partial charge is 0.259 e. The molecule has 24 heavy (non-hydrogen) atoms. The number of hydrogen-bond acceptors (Lipinski definition) is 4. The van der Waals surface area contributed by atoms with Crippen molar-refractivity contribution < 1.29 is 9.90 Å². The lowest BCUT2D eigenvalue weighted by atomic mass is 10.0. The fourth-order valence-corrected chi connectivity index (χ4v) is 2.94. The highest BCUT2D eigenvalue weighted by atomic mass is 16.3. The standard InChI is InChI=1S/C17H18N4O3/c1-9-5-10(2)14-11(6-9)7-12(17(24)20-14)16-19-3-4-21(16)13(8-22)15(18)23/h3-7,13,22H,8H2,1-2H3,(H2,18,23)(H,20,24)/t13-/m0/s1. The largest absolute Gasteiger partial charge is 0.394 e. The number of amides is 1. The number of nitrogens with one attached hydrogen (secondary N) is 1. The Bertz CT molecular complexity index is 987. The minimum absolute atomic E-state index is 0.287. The van der Waals surface area contributed by atoms with Crippen LogP contribution in [0.4, 0.5) is 0 Å². The number of nitrogens with zero attached hydrogens (tertiary/aromatic N) is 2. The molecule has 1 atom stereocenters. The lowest BCUT2D eigenvalue weighted by molar-refractivity contribution is -0.122. The number of pyridine rings is 1. The first-order valence-corrected chi connectivity index (χ1v) is 7.50. The molecule has 0 unspecified atom stereocenters. The van der Waals surface area contributed by atoms with Crippen molar-refractivity contribution in [1.82, 2.24) is 14.5 Å². The highest BCUT2D eigenvalue weighted by Crippen LogP contribution is 2.23. The number of H-pyrrole nitrogens is 1. The number of benzene rings is 1. The van der Waals surface area contributed by atoms with Gasteiger partial charge in [-0.3, -0.25) is 9.59 Å². The average Bonchev–Trinajstić information content (AvgIpc) is 2.97. The van der Waals surface area contributed by atoms with Gasteiger partial charge in [-0.25, -0.2) is 4.98 Å². The number of aliphatic hydroxyl groups excluding tert-OH is 1. The number of aromatic nitrogens is 3. The molecule has 0 spiro atoms. The van der Waals surface area contributed by atoms with Gasteiger partial charge in [0.2, 0.25) is 5.91 Å². The van der Waals surface area contributed by atoms with Gasteiger partial charge in [-0.05, 0) is 36.9 Å². The SMILES string of the molecule is Cc1cc(C)c2[nH]c(=O)c(-c3nccn3[C@@H](CO)C(N)=O)cc2c1. The van der Waals surface area contributed by atoms with Gasteiger partial charge in [0, 0.05) is 12.4 Å². The molecule has 0 fully saturated rings. The molecule has 0 radical (unpaired) electrons. The zero-order chi connectivity index (χ0) is 17.4. The van der Waals surface area contributed by atoms with E-state index in [1.807, 2.05) is 26.0 Å². The van der Waals surface area contributed by atoms with E-state index in [0.29, 0.717) is 5.56 Å². The number of nitrogens with two attached hydrogens (primary N) is 1. The third-order valence-corrected chi connectivity index (χ3v) is 4.04. The molecule has 4 N–H and O–H groups in total. The molecule has 0 aliphatic carbocycles. The highest BCUT2D eigenvalue weighted by molar-refractivity contribution is 5.86. The van der Waals surface area contributed by atoms with Crippen LogP contribution in [0.1, 0.15) is 17.2 Å². The summed E-state index contributed by atoms with van der Waals surface area (Å²) in [5.41, 5.74) is 8.14. The van der Waals surface area contributed by atoms with E-state index in [9.17, 15) is 14.7 Å². The molecule has 0 aliphatic rings. The molecule has 0 bridgehead atoms. The van der Waals surface area contributed by atoms with Crippen molar-refractivity contribution in [2.45, 2.75) is 19.9 Å². The van der Waals surface area contributed by atoms with E-state index in [1.54, 1.807) is 6.07 Å². The summed E-state index contributed by atoms with van der Waals surface area (Å²) in [5.74, 6) is -0.407. The Morgan fingerprint density at radius 1 is 1.38 bits per heavy atom. The molecule has 3 aromatic rings. The molecule has 124 valence electrons. The van der Waals surface area contributed by atoms with E-state index in [0.717, 1.165) is 22.0 Å². The van der Waals surface area contributed by atoms with Gasteiger partial charge in [0.05, 0.1) is 17.7 Å². The Labute approximate surface area is 137 Å². The molecule has 2 heterocycles. The maximum absolute atomic E-state index is 12.5. The summed E-state index contributed by atoms with van der Waals surface area (Å²) in [5, 5.41) is 10.3. The van der Waals surface area contributed by atoms with Crippen LogP contribution in [0.2, 0.25) is 0 Å². The first kappa shape index (κ1) is 15.9. The summed E-state index contributed by atoms with van der Waals surface area (Å²) < 4.78 is 1.42. The maximum atomic E-state index is 12.5.